The summed E-state index contributed by atoms with van der Waals surface area (Å²) in [5.74, 6) is 0.802. The van der Waals surface area contributed by atoms with E-state index in [1.54, 1.807) is 18.1 Å². The fourth-order valence-corrected chi connectivity index (χ4v) is 2.48. The van der Waals surface area contributed by atoms with E-state index in [2.05, 4.69) is 62.1 Å². The maximum Gasteiger partial charge on any atom is 0.191 e. The van der Waals surface area contributed by atoms with E-state index in [9.17, 15) is 0 Å². The molecule has 0 fully saturated rings. The highest BCUT2D eigenvalue weighted by Gasteiger charge is 2.00. The quantitative estimate of drug-likeness (QED) is 0.336. The van der Waals surface area contributed by atoms with Gasteiger partial charge in [0.15, 0.2) is 5.96 Å². The van der Waals surface area contributed by atoms with Gasteiger partial charge >= 0.3 is 0 Å². The molecular weight excluding hydrogens is 439 g/mol. The van der Waals surface area contributed by atoms with E-state index in [0.717, 1.165) is 24.6 Å². The second kappa shape index (κ2) is 10.5. The van der Waals surface area contributed by atoms with Gasteiger partial charge < -0.3 is 10.6 Å². The number of hydrogen-bond donors (Lipinski definition) is 2. The van der Waals surface area contributed by atoms with Crippen molar-refractivity contribution in [1.29, 1.82) is 0 Å². The third-order valence-electron chi connectivity index (χ3n) is 3.85. The van der Waals surface area contributed by atoms with E-state index in [-0.39, 0.29) is 24.0 Å². The number of benzene rings is 2. The largest absolute Gasteiger partial charge is 0.356 e. The molecule has 0 radical (unpaired) electrons. The van der Waals surface area contributed by atoms with E-state index in [1.807, 2.05) is 18.2 Å². The van der Waals surface area contributed by atoms with Crippen LogP contribution in [0.25, 0.3) is 5.69 Å². The summed E-state index contributed by atoms with van der Waals surface area (Å²) in [5.41, 5.74) is 3.48. The second-order valence-corrected chi connectivity index (χ2v) is 5.59. The van der Waals surface area contributed by atoms with Crippen LogP contribution in [0.3, 0.4) is 0 Å². The van der Waals surface area contributed by atoms with Crippen molar-refractivity contribution in [3.63, 3.8) is 0 Å². The molecule has 0 atom stereocenters. The fraction of sp³-hybridized carbons (Fsp3) is 0.211. The molecule has 0 saturated carbocycles. The number of aromatic nitrogens is 3. The van der Waals surface area contributed by atoms with Crippen LogP contribution in [0.2, 0.25) is 0 Å². The van der Waals surface area contributed by atoms with Crippen molar-refractivity contribution in [3.8, 4) is 5.69 Å². The van der Waals surface area contributed by atoms with Crippen molar-refractivity contribution in [2.24, 2.45) is 4.99 Å². The van der Waals surface area contributed by atoms with Gasteiger partial charge in [-0.25, -0.2) is 9.67 Å². The maximum atomic E-state index is 4.26. The van der Waals surface area contributed by atoms with Gasteiger partial charge in [0.1, 0.15) is 12.7 Å². The Morgan fingerprint density at radius 3 is 2.42 bits per heavy atom. The minimum Gasteiger partial charge on any atom is -0.356 e. The smallest absolute Gasteiger partial charge is 0.191 e. The van der Waals surface area contributed by atoms with E-state index in [4.69, 9.17) is 0 Å². The van der Waals surface area contributed by atoms with E-state index < -0.39 is 0 Å². The molecule has 3 aromatic rings. The van der Waals surface area contributed by atoms with Gasteiger partial charge in [0.2, 0.25) is 0 Å². The number of nitrogens with one attached hydrogen (secondary N) is 2. The third-order valence-corrected chi connectivity index (χ3v) is 3.85. The standard InChI is InChI=1S/C19H22N6.HI/c1-20-19(22-12-11-16-5-3-2-4-6-16)23-13-17-7-9-18(10-8-17)25-15-21-14-24-25;/h2-10,14-15H,11-13H2,1H3,(H2,20,22,23);1H. The zero-order valence-corrected chi connectivity index (χ0v) is 17.0. The summed E-state index contributed by atoms with van der Waals surface area (Å²) >= 11 is 0. The van der Waals surface area contributed by atoms with Crippen molar-refractivity contribution in [1.82, 2.24) is 25.4 Å². The maximum absolute atomic E-state index is 4.26. The van der Waals surface area contributed by atoms with Crippen LogP contribution in [0.4, 0.5) is 0 Å². The SMILES string of the molecule is CN=C(NCCc1ccccc1)NCc1ccc(-n2cncn2)cc1.I. The first-order chi connectivity index (χ1) is 12.3. The molecule has 136 valence electrons. The van der Waals surface area contributed by atoms with Gasteiger partial charge in [0.05, 0.1) is 5.69 Å². The molecule has 0 amide bonds. The Morgan fingerprint density at radius 2 is 1.77 bits per heavy atom. The topological polar surface area (TPSA) is 67.1 Å². The number of nitrogens with zero attached hydrogens (tertiary/aromatic N) is 4. The van der Waals surface area contributed by atoms with E-state index in [1.165, 1.54) is 17.5 Å². The molecule has 3 rings (SSSR count). The monoisotopic (exact) mass is 462 g/mol. The summed E-state index contributed by atoms with van der Waals surface area (Å²) < 4.78 is 1.74. The Hall–Kier alpha value is -2.42. The fourth-order valence-electron chi connectivity index (χ4n) is 2.48. The van der Waals surface area contributed by atoms with Crippen LogP contribution in [0.1, 0.15) is 11.1 Å². The zero-order chi connectivity index (χ0) is 17.3. The van der Waals surface area contributed by atoms with Crippen molar-refractivity contribution in [2.75, 3.05) is 13.6 Å². The first-order valence-electron chi connectivity index (χ1n) is 8.27. The minimum atomic E-state index is 0. The van der Waals surface area contributed by atoms with Crippen LogP contribution in [0.5, 0.6) is 0 Å². The average Bonchev–Trinajstić information content (AvgIpc) is 3.20. The summed E-state index contributed by atoms with van der Waals surface area (Å²) in [6, 6.07) is 18.6. The molecule has 0 aliphatic rings. The van der Waals surface area contributed by atoms with Crippen molar-refractivity contribution in [3.05, 3.63) is 78.4 Å². The van der Waals surface area contributed by atoms with Gasteiger partial charge in [0, 0.05) is 20.1 Å². The Bertz CT molecular complexity index is 785. The molecule has 0 saturated heterocycles. The zero-order valence-electron chi connectivity index (χ0n) is 14.7. The molecule has 6 nitrogen and oxygen atoms in total. The average molecular weight is 462 g/mol. The van der Waals surface area contributed by atoms with Crippen LogP contribution in [-0.4, -0.2) is 34.3 Å². The van der Waals surface area contributed by atoms with Gasteiger partial charge in [-0.2, -0.15) is 5.10 Å². The van der Waals surface area contributed by atoms with Crippen molar-refractivity contribution >= 4 is 29.9 Å². The van der Waals surface area contributed by atoms with Crippen molar-refractivity contribution in [2.45, 2.75) is 13.0 Å². The van der Waals surface area contributed by atoms with Crippen LogP contribution in [0, 0.1) is 0 Å². The molecule has 1 aromatic heterocycles. The number of aliphatic imine (C=N–C) groups is 1. The summed E-state index contributed by atoms with van der Waals surface area (Å²) in [6.45, 7) is 1.55. The summed E-state index contributed by atoms with van der Waals surface area (Å²) in [4.78, 5) is 8.22. The normalized spacial score (nSPS) is 10.9. The lowest BCUT2D eigenvalue weighted by Crippen LogP contribution is -2.37. The van der Waals surface area contributed by atoms with Crippen molar-refractivity contribution < 1.29 is 0 Å². The molecule has 2 N–H and O–H groups in total. The molecule has 7 heteroatoms. The van der Waals surface area contributed by atoms with E-state index >= 15 is 0 Å². The number of rotatable bonds is 6. The molecule has 1 heterocycles. The second-order valence-electron chi connectivity index (χ2n) is 5.59. The highest BCUT2D eigenvalue weighted by molar-refractivity contribution is 14.0. The van der Waals surface area contributed by atoms with Crippen LogP contribution < -0.4 is 10.6 Å². The molecule has 0 aliphatic carbocycles. The molecule has 2 aromatic carbocycles. The van der Waals surface area contributed by atoms with Gasteiger partial charge in [-0.15, -0.1) is 24.0 Å². The molecule has 0 unspecified atom stereocenters. The Kier molecular flexibility index (Phi) is 8.07. The molecule has 0 bridgehead atoms. The number of guanidine groups is 1. The number of halogens is 1. The lowest BCUT2D eigenvalue weighted by molar-refractivity contribution is 0.794. The first-order valence-corrected chi connectivity index (χ1v) is 8.27. The van der Waals surface area contributed by atoms with Crippen LogP contribution in [-0.2, 0) is 13.0 Å². The van der Waals surface area contributed by atoms with Gasteiger partial charge in [-0.05, 0) is 29.7 Å². The summed E-state index contributed by atoms with van der Waals surface area (Å²) in [5, 5.41) is 10.8. The molecule has 0 aliphatic heterocycles. The van der Waals surface area contributed by atoms with Crippen LogP contribution >= 0.6 is 24.0 Å². The predicted octanol–water partition coefficient (Wildman–Crippen LogP) is 2.79. The van der Waals surface area contributed by atoms with Gasteiger partial charge in [0.25, 0.3) is 0 Å². The lowest BCUT2D eigenvalue weighted by atomic mass is 10.1. The summed E-state index contributed by atoms with van der Waals surface area (Å²) in [7, 11) is 1.78. The highest BCUT2D eigenvalue weighted by Crippen LogP contribution is 2.07. The highest BCUT2D eigenvalue weighted by atomic mass is 127. The molecule has 26 heavy (non-hydrogen) atoms. The lowest BCUT2D eigenvalue weighted by Gasteiger charge is -2.12. The minimum absolute atomic E-state index is 0. The Morgan fingerprint density at radius 1 is 1.00 bits per heavy atom. The molecule has 0 spiro atoms. The summed E-state index contributed by atoms with van der Waals surface area (Å²) in [6.07, 6.45) is 4.18. The molecular formula is C19H23IN6. The number of hydrogen-bond acceptors (Lipinski definition) is 3. The van der Waals surface area contributed by atoms with Crippen LogP contribution in [0.15, 0.2) is 72.2 Å². The van der Waals surface area contributed by atoms with Gasteiger partial charge in [-0.3, -0.25) is 4.99 Å². The third kappa shape index (κ3) is 5.83. The van der Waals surface area contributed by atoms with E-state index in [0.29, 0.717) is 6.54 Å². The van der Waals surface area contributed by atoms with Gasteiger partial charge in [-0.1, -0.05) is 42.5 Å². The Labute approximate surface area is 170 Å². The Balaban J connectivity index is 0.00000243. The predicted molar refractivity (Wildman–Crippen MR) is 115 cm³/mol. The first kappa shape index (κ1) is 19.9.